The molecule has 3 rings (SSSR count). The van der Waals surface area contributed by atoms with Gasteiger partial charge < -0.3 is 4.74 Å². The maximum atomic E-state index is 10.7. The number of hydrogen-bond donors (Lipinski definition) is 2. The summed E-state index contributed by atoms with van der Waals surface area (Å²) in [5.74, 6) is 0.780. The van der Waals surface area contributed by atoms with Crippen LogP contribution in [0.1, 0.15) is 11.1 Å². The highest BCUT2D eigenvalue weighted by Gasteiger charge is 2.09. The van der Waals surface area contributed by atoms with Crippen molar-refractivity contribution in [2.75, 3.05) is 7.11 Å². The van der Waals surface area contributed by atoms with E-state index in [1.807, 2.05) is 49.4 Å². The lowest BCUT2D eigenvalue weighted by Gasteiger charge is -2.12. The third-order valence-corrected chi connectivity index (χ3v) is 4.32. The molecule has 1 heterocycles. The van der Waals surface area contributed by atoms with Crippen LogP contribution in [0.2, 0.25) is 0 Å². The van der Waals surface area contributed by atoms with Crippen LogP contribution in [0, 0.1) is 6.92 Å². The quantitative estimate of drug-likeness (QED) is 0.697. The fourth-order valence-corrected chi connectivity index (χ4v) is 3.06. The van der Waals surface area contributed by atoms with Gasteiger partial charge in [0.2, 0.25) is 11.3 Å². The van der Waals surface area contributed by atoms with Crippen LogP contribution < -0.4 is 9.46 Å². The summed E-state index contributed by atoms with van der Waals surface area (Å²) in [6.07, 6.45) is 1.79. The predicted octanol–water partition coefficient (Wildman–Crippen LogP) is 3.45. The topological polar surface area (TPSA) is 71.5 Å². The molecule has 2 aromatic carbocycles. The van der Waals surface area contributed by atoms with Crippen LogP contribution in [0.4, 0.5) is 0 Å². The zero-order chi connectivity index (χ0) is 17.1. The van der Waals surface area contributed by atoms with Crippen molar-refractivity contribution < 1.29 is 13.5 Å². The largest absolute Gasteiger partial charge is 0.497 e. The van der Waals surface area contributed by atoms with E-state index in [2.05, 4.69) is 9.71 Å². The van der Waals surface area contributed by atoms with Crippen molar-refractivity contribution in [2.45, 2.75) is 13.5 Å². The third kappa shape index (κ3) is 3.46. The molecule has 0 spiro atoms. The lowest BCUT2D eigenvalue weighted by Crippen LogP contribution is -2.15. The second kappa shape index (κ2) is 7.09. The Balaban J connectivity index is 2.02. The molecule has 0 amide bonds. The molecular formula is C18H18N2O3S. The summed E-state index contributed by atoms with van der Waals surface area (Å²) in [5.41, 5.74) is 5.15. The summed E-state index contributed by atoms with van der Waals surface area (Å²) in [4.78, 5) is 4.42. The lowest BCUT2D eigenvalue weighted by atomic mass is 9.96. The Kier molecular flexibility index (Phi) is 4.89. The number of aromatic nitrogens is 1. The first kappa shape index (κ1) is 16.6. The number of nitrogens with zero attached hydrogens (tertiary/aromatic N) is 1. The Morgan fingerprint density at radius 1 is 1.17 bits per heavy atom. The molecule has 0 saturated carbocycles. The van der Waals surface area contributed by atoms with Gasteiger partial charge in [-0.3, -0.25) is 9.54 Å². The van der Waals surface area contributed by atoms with Gasteiger partial charge in [-0.05, 0) is 47.4 Å². The fourth-order valence-electron chi connectivity index (χ4n) is 2.77. The number of benzene rings is 2. The molecule has 0 bridgehead atoms. The molecule has 2 N–H and O–H groups in total. The molecule has 0 saturated heterocycles. The van der Waals surface area contributed by atoms with Gasteiger partial charge in [-0.25, -0.2) is 8.93 Å². The lowest BCUT2D eigenvalue weighted by molar-refractivity contribution is 0.415. The fraction of sp³-hybridized carbons (Fsp3) is 0.167. The van der Waals surface area contributed by atoms with E-state index >= 15 is 0 Å². The molecule has 1 aromatic heterocycles. The van der Waals surface area contributed by atoms with Crippen molar-refractivity contribution in [1.82, 2.24) is 9.71 Å². The summed E-state index contributed by atoms with van der Waals surface area (Å²) in [5, 5.41) is 1.06. The number of ether oxygens (including phenoxy) is 1. The molecule has 124 valence electrons. The number of methoxy groups -OCH3 is 1. The van der Waals surface area contributed by atoms with Crippen LogP contribution in [0.15, 0.2) is 48.7 Å². The standard InChI is InChI=1S/C18H18N2O3S/c1-12-9-13(11-20-24(21)22)3-5-15(12)16-7-8-19-18-10-14(23-2)4-6-17(16)18/h3-10,20H,11H2,1-2H3,(H,21,22). The van der Waals surface area contributed by atoms with E-state index in [9.17, 15) is 4.21 Å². The van der Waals surface area contributed by atoms with Crippen molar-refractivity contribution in [2.24, 2.45) is 0 Å². The number of fused-ring (bicyclic) bond motifs is 1. The third-order valence-electron chi connectivity index (χ3n) is 3.93. The Morgan fingerprint density at radius 2 is 2.00 bits per heavy atom. The first-order chi connectivity index (χ1) is 11.6. The molecule has 0 aliphatic carbocycles. The molecule has 1 unspecified atom stereocenters. The van der Waals surface area contributed by atoms with Crippen molar-refractivity contribution in [3.63, 3.8) is 0 Å². The summed E-state index contributed by atoms with van der Waals surface area (Å²) < 4.78 is 27.3. The second-order valence-electron chi connectivity index (χ2n) is 5.46. The van der Waals surface area contributed by atoms with Gasteiger partial charge >= 0.3 is 0 Å². The van der Waals surface area contributed by atoms with E-state index in [1.165, 1.54) is 0 Å². The molecule has 24 heavy (non-hydrogen) atoms. The number of aryl methyl sites for hydroxylation is 1. The Bertz CT molecular complexity index is 912. The number of hydrogen-bond acceptors (Lipinski definition) is 3. The van der Waals surface area contributed by atoms with Crippen LogP contribution in [0.25, 0.3) is 22.0 Å². The monoisotopic (exact) mass is 342 g/mol. The molecule has 0 radical (unpaired) electrons. The average Bonchev–Trinajstić information content (AvgIpc) is 2.59. The van der Waals surface area contributed by atoms with Gasteiger partial charge in [0.25, 0.3) is 0 Å². The molecule has 0 aliphatic heterocycles. The van der Waals surface area contributed by atoms with E-state index in [0.29, 0.717) is 6.54 Å². The summed E-state index contributed by atoms with van der Waals surface area (Å²) in [6, 6.07) is 13.9. The minimum Gasteiger partial charge on any atom is -0.497 e. The Morgan fingerprint density at radius 3 is 2.71 bits per heavy atom. The van der Waals surface area contributed by atoms with Gasteiger partial charge in [-0.1, -0.05) is 18.2 Å². The average molecular weight is 342 g/mol. The predicted molar refractivity (Wildman–Crippen MR) is 96.1 cm³/mol. The van der Waals surface area contributed by atoms with Crippen LogP contribution >= 0.6 is 0 Å². The van der Waals surface area contributed by atoms with E-state index < -0.39 is 11.3 Å². The zero-order valence-electron chi connectivity index (χ0n) is 13.4. The normalized spacial score (nSPS) is 12.3. The molecule has 0 aliphatic rings. The SMILES string of the molecule is COc1ccc2c(-c3ccc(CNS(=O)O)cc3C)ccnc2c1. The highest BCUT2D eigenvalue weighted by molar-refractivity contribution is 7.77. The summed E-state index contributed by atoms with van der Waals surface area (Å²) in [6.45, 7) is 2.38. The maximum Gasteiger partial charge on any atom is 0.232 e. The molecule has 1 atom stereocenters. The number of nitrogens with one attached hydrogen (secondary N) is 1. The van der Waals surface area contributed by atoms with Crippen LogP contribution in [0.3, 0.4) is 0 Å². The van der Waals surface area contributed by atoms with Crippen molar-refractivity contribution in [3.8, 4) is 16.9 Å². The number of rotatable bonds is 5. The molecule has 5 nitrogen and oxygen atoms in total. The van der Waals surface area contributed by atoms with E-state index in [0.717, 1.165) is 38.9 Å². The van der Waals surface area contributed by atoms with E-state index in [1.54, 1.807) is 13.3 Å². The maximum absolute atomic E-state index is 10.7. The van der Waals surface area contributed by atoms with Gasteiger partial charge in [0.15, 0.2) is 0 Å². The highest BCUT2D eigenvalue weighted by Crippen LogP contribution is 2.31. The number of pyridine rings is 1. The smallest absolute Gasteiger partial charge is 0.232 e. The zero-order valence-corrected chi connectivity index (χ0v) is 14.3. The first-order valence-electron chi connectivity index (χ1n) is 7.45. The Hall–Kier alpha value is -2.28. The van der Waals surface area contributed by atoms with E-state index in [-0.39, 0.29) is 0 Å². The van der Waals surface area contributed by atoms with Crippen LogP contribution in [0.5, 0.6) is 5.75 Å². The molecular weight excluding hydrogens is 324 g/mol. The summed E-state index contributed by atoms with van der Waals surface area (Å²) >= 11 is -2.01. The molecule has 0 fully saturated rings. The first-order valence-corrected chi connectivity index (χ1v) is 8.56. The van der Waals surface area contributed by atoms with Crippen LogP contribution in [-0.2, 0) is 17.8 Å². The van der Waals surface area contributed by atoms with Crippen molar-refractivity contribution in [1.29, 1.82) is 0 Å². The van der Waals surface area contributed by atoms with E-state index in [4.69, 9.17) is 9.29 Å². The minimum atomic E-state index is -2.01. The van der Waals surface area contributed by atoms with Crippen molar-refractivity contribution in [3.05, 3.63) is 59.8 Å². The molecule has 3 aromatic rings. The van der Waals surface area contributed by atoms with Gasteiger partial charge in [0.05, 0.1) is 12.6 Å². The van der Waals surface area contributed by atoms with Gasteiger partial charge in [0, 0.05) is 24.2 Å². The minimum absolute atomic E-state index is 0.346. The van der Waals surface area contributed by atoms with Crippen LogP contribution in [-0.4, -0.2) is 20.9 Å². The van der Waals surface area contributed by atoms with Gasteiger partial charge in [0.1, 0.15) is 5.75 Å². The van der Waals surface area contributed by atoms with Gasteiger partial charge in [-0.15, -0.1) is 0 Å². The molecule has 6 heteroatoms. The van der Waals surface area contributed by atoms with Crippen molar-refractivity contribution >= 4 is 22.2 Å². The van der Waals surface area contributed by atoms with Gasteiger partial charge in [-0.2, -0.15) is 0 Å². The highest BCUT2D eigenvalue weighted by atomic mass is 32.2. The second-order valence-corrected chi connectivity index (χ2v) is 6.25. The summed E-state index contributed by atoms with van der Waals surface area (Å²) in [7, 11) is 1.64. The Labute approximate surface area is 143 Å².